The molecule has 0 fully saturated rings. The van der Waals surface area contributed by atoms with Crippen molar-refractivity contribution in [2.75, 3.05) is 13.2 Å². The van der Waals surface area contributed by atoms with Gasteiger partial charge in [-0.1, -0.05) is 58.4 Å². The van der Waals surface area contributed by atoms with Crippen molar-refractivity contribution in [2.24, 2.45) is 0 Å². The van der Waals surface area contributed by atoms with E-state index in [2.05, 4.69) is 49.2 Å². The molecule has 0 aliphatic heterocycles. The lowest BCUT2D eigenvalue weighted by atomic mass is 9.99. The van der Waals surface area contributed by atoms with Crippen LogP contribution in [0.2, 0.25) is 0 Å². The van der Waals surface area contributed by atoms with Crippen LogP contribution in [0.15, 0.2) is 59.1 Å². The number of carbonyl (C=O) groups is 1. The molecule has 0 aromatic heterocycles. The van der Waals surface area contributed by atoms with Gasteiger partial charge in [0.1, 0.15) is 10.2 Å². The van der Waals surface area contributed by atoms with Gasteiger partial charge in [0.25, 0.3) is 0 Å². The van der Waals surface area contributed by atoms with Crippen LogP contribution in [0, 0.1) is 0 Å². The van der Waals surface area contributed by atoms with Gasteiger partial charge >= 0.3 is 6.03 Å². The number of hydrogen-bond donors (Lipinski definition) is 2. The Hall–Kier alpha value is -1.15. The topological polar surface area (TPSA) is 41.1 Å². The summed E-state index contributed by atoms with van der Waals surface area (Å²) in [7, 11) is 0. The van der Waals surface area contributed by atoms with Gasteiger partial charge in [0.05, 0.1) is 0 Å². The van der Waals surface area contributed by atoms with E-state index in [9.17, 15) is 9.18 Å². The Kier molecular flexibility index (Phi) is 6.83. The predicted molar refractivity (Wildman–Crippen MR) is 102 cm³/mol. The van der Waals surface area contributed by atoms with Gasteiger partial charge in [0.2, 0.25) is 0 Å². The fourth-order valence-corrected chi connectivity index (χ4v) is 3.64. The van der Waals surface area contributed by atoms with Crippen molar-refractivity contribution in [1.29, 1.82) is 0 Å². The zero-order valence-electron chi connectivity index (χ0n) is 12.4. The van der Waals surface area contributed by atoms with E-state index >= 15 is 0 Å². The molecule has 0 bridgehead atoms. The van der Waals surface area contributed by atoms with E-state index in [-0.39, 0.29) is 12.6 Å². The van der Waals surface area contributed by atoms with Crippen LogP contribution in [-0.4, -0.2) is 19.3 Å². The third kappa shape index (κ3) is 5.46. The molecule has 2 aromatic rings. The first-order chi connectivity index (χ1) is 11.0. The Morgan fingerprint density at radius 1 is 1.17 bits per heavy atom. The fourth-order valence-electron chi connectivity index (χ4n) is 2.22. The molecule has 0 aliphatic rings. The lowest BCUT2D eigenvalue weighted by Crippen LogP contribution is -2.48. The van der Waals surface area contributed by atoms with Crippen molar-refractivity contribution in [3.8, 4) is 0 Å². The summed E-state index contributed by atoms with van der Waals surface area (Å²) in [6.45, 7) is -0.584. The molecule has 0 radical (unpaired) electrons. The molecule has 0 aliphatic carbocycles. The fraction of sp³-hybridized carbons (Fsp3) is 0.235. The molecule has 2 aromatic carbocycles. The average Bonchev–Trinajstić information content (AvgIpc) is 2.54. The first-order valence-electron chi connectivity index (χ1n) is 7.14. The monoisotopic (exact) mass is 490 g/mol. The highest BCUT2D eigenvalue weighted by atomic mass is 127. The third-order valence-electron chi connectivity index (χ3n) is 3.26. The minimum absolute atomic E-state index is 0.00236. The summed E-state index contributed by atoms with van der Waals surface area (Å²) in [4.78, 5) is 12.1. The van der Waals surface area contributed by atoms with Gasteiger partial charge in [0.15, 0.2) is 0 Å². The van der Waals surface area contributed by atoms with Gasteiger partial charge in [-0.05, 0) is 45.9 Å². The van der Waals surface area contributed by atoms with Crippen LogP contribution >= 0.6 is 38.5 Å². The van der Waals surface area contributed by atoms with Crippen LogP contribution < -0.4 is 10.6 Å². The SMILES string of the molecule is O=C(NCCF)NC(I)(Cc1ccccc1)c1cccc(Br)c1. The van der Waals surface area contributed by atoms with Crippen LogP contribution in [0.1, 0.15) is 11.1 Å². The minimum atomic E-state index is -0.636. The summed E-state index contributed by atoms with van der Waals surface area (Å²) in [6.07, 6.45) is 0.619. The van der Waals surface area contributed by atoms with Gasteiger partial charge in [0, 0.05) is 17.4 Å². The highest BCUT2D eigenvalue weighted by Crippen LogP contribution is 2.34. The standard InChI is InChI=1S/C17H17BrFIN2O/c18-15-8-4-7-14(11-15)17(20,22-16(23)21-10-9-19)12-13-5-2-1-3-6-13/h1-8,11H,9-10,12H2,(H2,21,22,23). The van der Waals surface area contributed by atoms with E-state index in [0.717, 1.165) is 15.6 Å². The molecular formula is C17H17BrFIN2O. The normalized spacial score (nSPS) is 13.2. The van der Waals surface area contributed by atoms with Crippen molar-refractivity contribution < 1.29 is 9.18 Å². The first kappa shape index (κ1) is 18.2. The number of benzene rings is 2. The molecule has 1 unspecified atom stereocenters. The highest BCUT2D eigenvalue weighted by Gasteiger charge is 2.31. The second-order valence-corrected chi connectivity index (χ2v) is 7.80. The van der Waals surface area contributed by atoms with Crippen molar-refractivity contribution in [2.45, 2.75) is 9.97 Å². The summed E-state index contributed by atoms with van der Waals surface area (Å²) in [5.41, 5.74) is 2.07. The maximum Gasteiger partial charge on any atom is 0.316 e. The lowest BCUT2D eigenvalue weighted by molar-refractivity contribution is 0.235. The zero-order chi connectivity index (χ0) is 16.7. The van der Waals surface area contributed by atoms with Gasteiger partial charge in [-0.3, -0.25) is 0 Å². The summed E-state index contributed by atoms with van der Waals surface area (Å²) in [6, 6.07) is 17.4. The van der Waals surface area contributed by atoms with E-state index in [1.165, 1.54) is 0 Å². The van der Waals surface area contributed by atoms with E-state index in [0.29, 0.717) is 6.42 Å². The van der Waals surface area contributed by atoms with Crippen LogP contribution in [0.25, 0.3) is 0 Å². The van der Waals surface area contributed by atoms with Crippen LogP contribution in [0.3, 0.4) is 0 Å². The van der Waals surface area contributed by atoms with Gasteiger partial charge in [-0.25, -0.2) is 9.18 Å². The first-order valence-corrected chi connectivity index (χ1v) is 9.01. The Labute approximate surface area is 157 Å². The van der Waals surface area contributed by atoms with E-state index in [1.807, 2.05) is 54.6 Å². The van der Waals surface area contributed by atoms with Gasteiger partial charge in [-0.2, -0.15) is 0 Å². The number of alkyl halides is 2. The molecule has 122 valence electrons. The van der Waals surface area contributed by atoms with Crippen LogP contribution in [-0.2, 0) is 9.97 Å². The summed E-state index contributed by atoms with van der Waals surface area (Å²) < 4.78 is 12.6. The number of amides is 2. The molecule has 1 atom stereocenters. The van der Waals surface area contributed by atoms with E-state index in [4.69, 9.17) is 0 Å². The molecule has 0 saturated heterocycles. The molecule has 2 N–H and O–H groups in total. The Balaban J connectivity index is 2.28. The molecule has 2 amide bonds. The molecule has 0 heterocycles. The Morgan fingerprint density at radius 2 is 1.91 bits per heavy atom. The molecule has 23 heavy (non-hydrogen) atoms. The van der Waals surface area contributed by atoms with Gasteiger partial charge in [-0.15, -0.1) is 0 Å². The zero-order valence-corrected chi connectivity index (χ0v) is 16.1. The highest BCUT2D eigenvalue weighted by molar-refractivity contribution is 14.1. The van der Waals surface area contributed by atoms with Crippen molar-refractivity contribution in [3.05, 3.63) is 70.2 Å². The quantitative estimate of drug-likeness (QED) is 0.348. The van der Waals surface area contributed by atoms with Gasteiger partial charge < -0.3 is 10.6 Å². The Morgan fingerprint density at radius 3 is 2.57 bits per heavy atom. The molecule has 0 spiro atoms. The number of carbonyl (C=O) groups excluding carboxylic acids is 1. The minimum Gasteiger partial charge on any atom is -0.335 e. The molecular weight excluding hydrogens is 474 g/mol. The number of hydrogen-bond acceptors (Lipinski definition) is 1. The van der Waals surface area contributed by atoms with Crippen molar-refractivity contribution >= 4 is 44.6 Å². The second-order valence-electron chi connectivity index (χ2n) is 5.04. The summed E-state index contributed by atoms with van der Waals surface area (Å²) in [5, 5.41) is 5.49. The largest absolute Gasteiger partial charge is 0.335 e. The number of urea groups is 1. The number of halogens is 3. The van der Waals surface area contributed by atoms with Crippen molar-refractivity contribution in [3.63, 3.8) is 0 Å². The second kappa shape index (κ2) is 8.63. The van der Waals surface area contributed by atoms with Crippen LogP contribution in [0.4, 0.5) is 9.18 Å². The molecule has 6 heteroatoms. The summed E-state index contributed by atoms with van der Waals surface area (Å²) in [5.74, 6) is 0. The van der Waals surface area contributed by atoms with E-state index < -0.39 is 10.2 Å². The lowest BCUT2D eigenvalue weighted by Gasteiger charge is -2.30. The smallest absolute Gasteiger partial charge is 0.316 e. The average molecular weight is 491 g/mol. The molecule has 0 saturated carbocycles. The predicted octanol–water partition coefficient (Wildman–Crippen LogP) is 4.55. The molecule has 2 rings (SSSR count). The number of rotatable bonds is 6. The third-order valence-corrected chi connectivity index (χ3v) is 5.03. The maximum absolute atomic E-state index is 12.3. The molecule has 3 nitrogen and oxygen atoms in total. The van der Waals surface area contributed by atoms with Crippen LogP contribution in [0.5, 0.6) is 0 Å². The maximum atomic E-state index is 12.3. The summed E-state index contributed by atoms with van der Waals surface area (Å²) >= 11 is 5.71. The number of nitrogens with one attached hydrogen (secondary N) is 2. The van der Waals surface area contributed by atoms with Crippen molar-refractivity contribution in [1.82, 2.24) is 10.6 Å². The Bertz CT molecular complexity index is 656. The van der Waals surface area contributed by atoms with E-state index in [1.54, 1.807) is 0 Å².